The van der Waals surface area contributed by atoms with Crippen molar-refractivity contribution in [1.29, 1.82) is 0 Å². The fourth-order valence-electron chi connectivity index (χ4n) is 2.97. The maximum atomic E-state index is 12.6. The van der Waals surface area contributed by atoms with Crippen LogP contribution in [0.2, 0.25) is 0 Å². The summed E-state index contributed by atoms with van der Waals surface area (Å²) in [4.78, 5) is 16.8. The molecule has 3 aromatic rings. The molecule has 5 nitrogen and oxygen atoms in total. The molecule has 0 spiro atoms. The lowest BCUT2D eigenvalue weighted by atomic mass is 10.2. The first-order chi connectivity index (χ1) is 14.0. The summed E-state index contributed by atoms with van der Waals surface area (Å²) >= 11 is 8.25. The van der Waals surface area contributed by atoms with Gasteiger partial charge >= 0.3 is 0 Å². The highest BCUT2D eigenvalue weighted by Crippen LogP contribution is 2.47. The summed E-state index contributed by atoms with van der Waals surface area (Å²) in [5.41, 5.74) is 5.31. The Morgan fingerprint density at radius 3 is 2.17 bits per heavy atom. The van der Waals surface area contributed by atoms with Crippen molar-refractivity contribution in [3.05, 3.63) is 75.2 Å². The maximum absolute atomic E-state index is 12.6. The standard InChI is InChI=1S/C21H15Br2N3O2S/c22-14-9-13(10-15(23)21(14)28)11-24-25-20(27)12-26-16-5-1-3-7-18(16)29-19-8-4-2-6-17(19)26/h1-11,28H,12H2,(H,25,27)/b24-11+. The SMILES string of the molecule is O=C(CN1c2ccccc2Sc2ccccc21)N/N=C/c1cc(Br)c(O)c(Br)c1. The normalized spacial score (nSPS) is 12.6. The molecule has 146 valence electrons. The number of fused-ring (bicyclic) bond motifs is 2. The summed E-state index contributed by atoms with van der Waals surface area (Å²) in [6.07, 6.45) is 1.53. The van der Waals surface area contributed by atoms with Crippen LogP contribution in [0, 0.1) is 0 Å². The zero-order chi connectivity index (χ0) is 20.4. The Labute approximate surface area is 189 Å². The average Bonchev–Trinajstić information content (AvgIpc) is 2.72. The molecule has 0 bridgehead atoms. The number of hydrogen-bond donors (Lipinski definition) is 2. The molecule has 3 aromatic carbocycles. The summed E-state index contributed by atoms with van der Waals surface area (Å²) < 4.78 is 1.08. The van der Waals surface area contributed by atoms with Crippen LogP contribution in [0.5, 0.6) is 5.75 Å². The van der Waals surface area contributed by atoms with Crippen molar-refractivity contribution >= 4 is 67.1 Å². The molecule has 0 unspecified atom stereocenters. The predicted octanol–water partition coefficient (Wildman–Crippen LogP) is 5.67. The highest BCUT2D eigenvalue weighted by molar-refractivity contribution is 9.11. The molecule has 1 aliphatic rings. The van der Waals surface area contributed by atoms with Crippen molar-refractivity contribution in [2.24, 2.45) is 5.10 Å². The summed E-state index contributed by atoms with van der Waals surface area (Å²) in [6, 6.07) is 19.5. The molecule has 29 heavy (non-hydrogen) atoms. The molecule has 0 aliphatic carbocycles. The number of hydrogen-bond acceptors (Lipinski definition) is 5. The van der Waals surface area contributed by atoms with Crippen LogP contribution in [-0.2, 0) is 4.79 Å². The first kappa shape index (κ1) is 20.0. The second-order valence-electron chi connectivity index (χ2n) is 6.25. The number of anilines is 2. The van der Waals surface area contributed by atoms with Gasteiger partial charge in [-0.2, -0.15) is 5.10 Å². The van der Waals surface area contributed by atoms with Crippen LogP contribution >= 0.6 is 43.6 Å². The van der Waals surface area contributed by atoms with E-state index in [1.54, 1.807) is 23.9 Å². The van der Waals surface area contributed by atoms with Gasteiger partial charge in [-0.1, -0.05) is 36.0 Å². The van der Waals surface area contributed by atoms with E-state index in [9.17, 15) is 9.90 Å². The molecule has 0 aromatic heterocycles. The lowest BCUT2D eigenvalue weighted by molar-refractivity contribution is -0.119. The number of nitrogens with one attached hydrogen (secondary N) is 1. The van der Waals surface area contributed by atoms with Crippen LogP contribution in [0.1, 0.15) is 5.56 Å². The second kappa shape index (κ2) is 8.61. The number of benzene rings is 3. The van der Waals surface area contributed by atoms with Gasteiger partial charge in [-0.15, -0.1) is 0 Å². The van der Waals surface area contributed by atoms with Gasteiger partial charge in [0, 0.05) is 9.79 Å². The number of nitrogens with zero attached hydrogens (tertiary/aromatic N) is 2. The van der Waals surface area contributed by atoms with E-state index in [4.69, 9.17) is 0 Å². The van der Waals surface area contributed by atoms with E-state index in [0.717, 1.165) is 26.7 Å². The Bertz CT molecular complexity index is 1050. The Balaban J connectivity index is 1.50. The number of carbonyl (C=O) groups excluding carboxylic acids is 1. The fourth-order valence-corrected chi connectivity index (χ4v) is 5.29. The van der Waals surface area contributed by atoms with Crippen LogP contribution in [0.3, 0.4) is 0 Å². The topological polar surface area (TPSA) is 64.9 Å². The first-order valence-electron chi connectivity index (χ1n) is 8.66. The van der Waals surface area contributed by atoms with Gasteiger partial charge in [-0.25, -0.2) is 5.43 Å². The number of para-hydroxylation sites is 2. The Morgan fingerprint density at radius 2 is 1.59 bits per heavy atom. The van der Waals surface area contributed by atoms with Crippen molar-refractivity contribution in [3.8, 4) is 5.75 Å². The highest BCUT2D eigenvalue weighted by atomic mass is 79.9. The van der Waals surface area contributed by atoms with Crippen LogP contribution < -0.4 is 10.3 Å². The van der Waals surface area contributed by atoms with Gasteiger partial charge in [0.2, 0.25) is 0 Å². The molecule has 1 aliphatic heterocycles. The van der Waals surface area contributed by atoms with Crippen LogP contribution in [0.25, 0.3) is 0 Å². The fraction of sp³-hybridized carbons (Fsp3) is 0.0476. The molecule has 0 atom stereocenters. The summed E-state index contributed by atoms with van der Waals surface area (Å²) in [7, 11) is 0. The van der Waals surface area contributed by atoms with Crippen LogP contribution in [0.15, 0.2) is 84.5 Å². The van der Waals surface area contributed by atoms with Gasteiger partial charge in [-0.05, 0) is 73.8 Å². The number of carbonyl (C=O) groups is 1. The first-order valence-corrected chi connectivity index (χ1v) is 11.1. The summed E-state index contributed by atoms with van der Waals surface area (Å²) in [5.74, 6) is -0.110. The molecule has 4 rings (SSSR count). The third kappa shape index (κ3) is 4.34. The maximum Gasteiger partial charge on any atom is 0.260 e. The number of amides is 1. The molecule has 1 heterocycles. The number of hydrazone groups is 1. The van der Waals surface area contributed by atoms with Crippen molar-refractivity contribution < 1.29 is 9.90 Å². The Morgan fingerprint density at radius 1 is 1.03 bits per heavy atom. The van der Waals surface area contributed by atoms with Crippen molar-refractivity contribution in [2.45, 2.75) is 9.79 Å². The van der Waals surface area contributed by atoms with Gasteiger partial charge in [0.1, 0.15) is 12.3 Å². The molecule has 0 saturated carbocycles. The van der Waals surface area contributed by atoms with Crippen LogP contribution in [0.4, 0.5) is 11.4 Å². The van der Waals surface area contributed by atoms with Gasteiger partial charge in [0.25, 0.3) is 5.91 Å². The van der Waals surface area contributed by atoms with E-state index >= 15 is 0 Å². The van der Waals surface area contributed by atoms with Gasteiger partial charge in [-0.3, -0.25) is 4.79 Å². The summed E-state index contributed by atoms with van der Waals surface area (Å²) in [6.45, 7) is 0.148. The minimum atomic E-state index is -0.227. The molecule has 1 amide bonds. The number of halogens is 2. The quantitative estimate of drug-likeness (QED) is 0.335. The van der Waals surface area contributed by atoms with E-state index < -0.39 is 0 Å². The number of phenols is 1. The number of rotatable bonds is 4. The zero-order valence-corrected chi connectivity index (χ0v) is 19.0. The average molecular weight is 533 g/mol. The molecule has 0 radical (unpaired) electrons. The van der Waals surface area contributed by atoms with Gasteiger partial charge in [0.15, 0.2) is 0 Å². The monoisotopic (exact) mass is 531 g/mol. The van der Waals surface area contributed by atoms with Crippen molar-refractivity contribution in [3.63, 3.8) is 0 Å². The third-order valence-electron chi connectivity index (χ3n) is 4.28. The van der Waals surface area contributed by atoms with E-state index in [2.05, 4.69) is 54.5 Å². The van der Waals surface area contributed by atoms with E-state index in [0.29, 0.717) is 8.95 Å². The Hall–Kier alpha value is -2.29. The molecular weight excluding hydrogens is 518 g/mol. The third-order valence-corrected chi connectivity index (χ3v) is 6.62. The number of aromatic hydroxyl groups is 1. The minimum absolute atomic E-state index is 0.117. The minimum Gasteiger partial charge on any atom is -0.506 e. The highest BCUT2D eigenvalue weighted by Gasteiger charge is 2.24. The molecular formula is C21H15Br2N3O2S. The second-order valence-corrected chi connectivity index (χ2v) is 9.04. The van der Waals surface area contributed by atoms with Crippen molar-refractivity contribution in [1.82, 2.24) is 5.43 Å². The predicted molar refractivity (Wildman–Crippen MR) is 123 cm³/mol. The largest absolute Gasteiger partial charge is 0.506 e. The lowest BCUT2D eigenvalue weighted by Gasteiger charge is -2.31. The molecule has 8 heteroatoms. The van der Waals surface area contributed by atoms with E-state index in [1.807, 2.05) is 41.3 Å². The van der Waals surface area contributed by atoms with Crippen molar-refractivity contribution in [2.75, 3.05) is 11.4 Å². The van der Waals surface area contributed by atoms with Crippen LogP contribution in [-0.4, -0.2) is 23.8 Å². The lowest BCUT2D eigenvalue weighted by Crippen LogP contribution is -2.33. The van der Waals surface area contributed by atoms with Gasteiger partial charge in [0.05, 0.1) is 26.5 Å². The number of phenolic OH excluding ortho intramolecular Hbond substituents is 1. The van der Waals surface area contributed by atoms with E-state index in [-0.39, 0.29) is 18.2 Å². The molecule has 0 fully saturated rings. The zero-order valence-electron chi connectivity index (χ0n) is 15.0. The van der Waals surface area contributed by atoms with Gasteiger partial charge < -0.3 is 10.0 Å². The Kier molecular flexibility index (Phi) is 5.94. The van der Waals surface area contributed by atoms with E-state index in [1.165, 1.54) is 6.21 Å². The smallest absolute Gasteiger partial charge is 0.260 e. The molecule has 2 N–H and O–H groups in total. The summed E-state index contributed by atoms with van der Waals surface area (Å²) in [5, 5.41) is 13.8. The molecule has 0 saturated heterocycles.